The van der Waals surface area contributed by atoms with Crippen molar-refractivity contribution in [3.63, 3.8) is 0 Å². The number of aliphatic imine (C=N–C) groups is 1. The summed E-state index contributed by atoms with van der Waals surface area (Å²) in [5, 5.41) is 6.50. The van der Waals surface area contributed by atoms with Crippen LogP contribution in [0, 0.1) is 13.8 Å². The maximum atomic E-state index is 5.54. The fourth-order valence-electron chi connectivity index (χ4n) is 2.29. The summed E-state index contributed by atoms with van der Waals surface area (Å²) in [4.78, 5) is 8.55. The number of benzene rings is 1. The minimum atomic E-state index is 0. The van der Waals surface area contributed by atoms with Crippen molar-refractivity contribution in [1.82, 2.24) is 15.6 Å². The van der Waals surface area contributed by atoms with Gasteiger partial charge >= 0.3 is 0 Å². The van der Waals surface area contributed by atoms with Crippen LogP contribution in [0.5, 0.6) is 5.75 Å². The molecule has 0 radical (unpaired) electrons. The molecular weight excluding hydrogens is 431 g/mol. The Bertz CT molecular complexity index is 649. The van der Waals surface area contributed by atoms with Gasteiger partial charge in [-0.3, -0.25) is 4.99 Å². The lowest BCUT2D eigenvalue weighted by Crippen LogP contribution is -2.37. The summed E-state index contributed by atoms with van der Waals surface area (Å²) in [6.45, 7) is 5.22. The molecule has 0 aliphatic carbocycles. The smallest absolute Gasteiger partial charge is 0.214 e. The molecule has 0 atom stereocenters. The number of methoxy groups -OCH3 is 1. The van der Waals surface area contributed by atoms with Crippen LogP contribution in [0.25, 0.3) is 0 Å². The van der Waals surface area contributed by atoms with Gasteiger partial charge in [-0.1, -0.05) is 12.1 Å². The third-order valence-corrected chi connectivity index (χ3v) is 3.80. The number of oxazole rings is 1. The van der Waals surface area contributed by atoms with E-state index in [1.54, 1.807) is 14.2 Å². The SMILES string of the molecule is CN=C(NCCCc1ccc(OC)cc1)NCc1nc(C)c(C)o1.I. The second-order valence-corrected chi connectivity index (χ2v) is 5.55. The lowest BCUT2D eigenvalue weighted by molar-refractivity contribution is 0.414. The van der Waals surface area contributed by atoms with E-state index in [9.17, 15) is 0 Å². The van der Waals surface area contributed by atoms with Gasteiger partial charge in [0.25, 0.3) is 0 Å². The second-order valence-electron chi connectivity index (χ2n) is 5.55. The molecule has 25 heavy (non-hydrogen) atoms. The first-order valence-electron chi connectivity index (χ1n) is 8.12. The van der Waals surface area contributed by atoms with E-state index in [1.165, 1.54) is 5.56 Å². The summed E-state index contributed by atoms with van der Waals surface area (Å²) in [7, 11) is 3.43. The molecule has 2 aromatic rings. The summed E-state index contributed by atoms with van der Waals surface area (Å²) >= 11 is 0. The van der Waals surface area contributed by atoms with Crippen molar-refractivity contribution in [3.05, 3.63) is 47.2 Å². The number of ether oxygens (including phenoxy) is 1. The van der Waals surface area contributed by atoms with E-state index in [2.05, 4.69) is 32.7 Å². The minimum Gasteiger partial charge on any atom is -0.497 e. The maximum Gasteiger partial charge on any atom is 0.214 e. The number of rotatable bonds is 7. The standard InChI is InChI=1S/C18H26N4O2.HI/c1-13-14(2)24-17(22-13)12-21-18(19-3)20-11-5-6-15-7-9-16(23-4)10-8-15;/h7-10H,5-6,11-12H2,1-4H3,(H2,19,20,21);1H. The molecule has 0 unspecified atom stereocenters. The second kappa shape index (κ2) is 11.0. The topological polar surface area (TPSA) is 71.7 Å². The lowest BCUT2D eigenvalue weighted by Gasteiger charge is -2.10. The van der Waals surface area contributed by atoms with Gasteiger partial charge in [-0.05, 0) is 44.4 Å². The van der Waals surface area contributed by atoms with Crippen LogP contribution in [0.15, 0.2) is 33.7 Å². The van der Waals surface area contributed by atoms with Crippen molar-refractivity contribution in [2.24, 2.45) is 4.99 Å². The predicted octanol–water partition coefficient (Wildman–Crippen LogP) is 3.22. The van der Waals surface area contributed by atoms with E-state index in [4.69, 9.17) is 9.15 Å². The molecule has 0 amide bonds. The Morgan fingerprint density at radius 2 is 1.92 bits per heavy atom. The summed E-state index contributed by atoms with van der Waals surface area (Å²) in [5.74, 6) is 3.16. The molecular formula is C18H27IN4O2. The van der Waals surface area contributed by atoms with Crippen LogP contribution < -0.4 is 15.4 Å². The molecule has 0 saturated carbocycles. The molecule has 1 heterocycles. The molecule has 2 N–H and O–H groups in total. The summed E-state index contributed by atoms with van der Waals surface area (Å²) < 4.78 is 10.7. The quantitative estimate of drug-likeness (QED) is 0.289. The average molecular weight is 458 g/mol. The van der Waals surface area contributed by atoms with Crippen molar-refractivity contribution in [1.29, 1.82) is 0 Å². The van der Waals surface area contributed by atoms with Crippen molar-refractivity contribution >= 4 is 29.9 Å². The number of nitrogens with one attached hydrogen (secondary N) is 2. The van der Waals surface area contributed by atoms with Gasteiger partial charge in [0.2, 0.25) is 5.89 Å². The Labute approximate surface area is 166 Å². The van der Waals surface area contributed by atoms with Gasteiger partial charge in [0.1, 0.15) is 11.5 Å². The largest absolute Gasteiger partial charge is 0.497 e. The summed E-state index contributed by atoms with van der Waals surface area (Å²) in [6, 6.07) is 8.17. The molecule has 138 valence electrons. The predicted molar refractivity (Wildman–Crippen MR) is 111 cm³/mol. The van der Waals surface area contributed by atoms with Crippen LogP contribution >= 0.6 is 24.0 Å². The molecule has 0 saturated heterocycles. The van der Waals surface area contributed by atoms with Crippen molar-refractivity contribution < 1.29 is 9.15 Å². The molecule has 0 spiro atoms. The van der Waals surface area contributed by atoms with E-state index < -0.39 is 0 Å². The third kappa shape index (κ3) is 6.93. The highest BCUT2D eigenvalue weighted by Gasteiger charge is 2.06. The molecule has 0 fully saturated rings. The first-order valence-corrected chi connectivity index (χ1v) is 8.12. The van der Waals surface area contributed by atoms with E-state index >= 15 is 0 Å². The number of guanidine groups is 1. The van der Waals surface area contributed by atoms with Crippen LogP contribution in [0.1, 0.15) is 29.3 Å². The normalized spacial score (nSPS) is 11.0. The highest BCUT2D eigenvalue weighted by molar-refractivity contribution is 14.0. The van der Waals surface area contributed by atoms with Crippen molar-refractivity contribution in [2.45, 2.75) is 33.2 Å². The molecule has 0 aliphatic heterocycles. The number of hydrogen-bond acceptors (Lipinski definition) is 4. The Morgan fingerprint density at radius 1 is 1.20 bits per heavy atom. The average Bonchev–Trinajstić information content (AvgIpc) is 2.93. The van der Waals surface area contributed by atoms with Gasteiger partial charge in [-0.15, -0.1) is 24.0 Å². The van der Waals surface area contributed by atoms with Gasteiger partial charge in [0.05, 0.1) is 19.3 Å². The Hall–Kier alpha value is -1.77. The number of hydrogen-bond donors (Lipinski definition) is 2. The van der Waals surface area contributed by atoms with Crippen LogP contribution in [0.4, 0.5) is 0 Å². The zero-order valence-corrected chi connectivity index (χ0v) is 17.6. The number of aromatic nitrogens is 1. The molecule has 1 aromatic heterocycles. The van der Waals surface area contributed by atoms with Crippen LogP contribution in [-0.2, 0) is 13.0 Å². The monoisotopic (exact) mass is 458 g/mol. The minimum absolute atomic E-state index is 0. The van der Waals surface area contributed by atoms with Crippen molar-refractivity contribution in [3.8, 4) is 5.75 Å². The molecule has 7 heteroatoms. The van der Waals surface area contributed by atoms with E-state index in [-0.39, 0.29) is 24.0 Å². The zero-order valence-electron chi connectivity index (χ0n) is 15.3. The van der Waals surface area contributed by atoms with Gasteiger partial charge < -0.3 is 19.8 Å². The first-order chi connectivity index (χ1) is 11.6. The molecule has 0 bridgehead atoms. The fourth-order valence-corrected chi connectivity index (χ4v) is 2.29. The Morgan fingerprint density at radius 3 is 2.48 bits per heavy atom. The fraction of sp³-hybridized carbons (Fsp3) is 0.444. The zero-order chi connectivity index (χ0) is 17.4. The van der Waals surface area contributed by atoms with Gasteiger partial charge in [-0.2, -0.15) is 0 Å². The van der Waals surface area contributed by atoms with Crippen LogP contribution in [0.3, 0.4) is 0 Å². The van der Waals surface area contributed by atoms with Crippen LogP contribution in [0.2, 0.25) is 0 Å². The van der Waals surface area contributed by atoms with Gasteiger partial charge in [0.15, 0.2) is 5.96 Å². The molecule has 0 aliphatic rings. The number of nitrogens with zero attached hydrogens (tertiary/aromatic N) is 2. The highest BCUT2D eigenvalue weighted by atomic mass is 127. The molecule has 1 aromatic carbocycles. The van der Waals surface area contributed by atoms with E-state index in [1.807, 2.05) is 26.0 Å². The van der Waals surface area contributed by atoms with Gasteiger partial charge in [0, 0.05) is 13.6 Å². The summed E-state index contributed by atoms with van der Waals surface area (Å²) in [5.41, 5.74) is 2.22. The van der Waals surface area contributed by atoms with E-state index in [0.717, 1.165) is 42.5 Å². The number of halogens is 1. The Kier molecular flexibility index (Phi) is 9.33. The maximum absolute atomic E-state index is 5.54. The molecule has 6 nitrogen and oxygen atoms in total. The summed E-state index contributed by atoms with van der Waals surface area (Å²) in [6.07, 6.45) is 2.02. The number of aryl methyl sites for hydroxylation is 3. The first kappa shape index (κ1) is 21.3. The van der Waals surface area contributed by atoms with Crippen molar-refractivity contribution in [2.75, 3.05) is 20.7 Å². The Balaban J connectivity index is 0.00000312. The highest BCUT2D eigenvalue weighted by Crippen LogP contribution is 2.12. The lowest BCUT2D eigenvalue weighted by atomic mass is 10.1. The van der Waals surface area contributed by atoms with Gasteiger partial charge in [-0.25, -0.2) is 4.98 Å². The molecule has 2 rings (SSSR count). The van der Waals surface area contributed by atoms with E-state index in [0.29, 0.717) is 12.4 Å². The van der Waals surface area contributed by atoms with Crippen LogP contribution in [-0.4, -0.2) is 31.6 Å². The third-order valence-electron chi connectivity index (χ3n) is 3.80.